The summed E-state index contributed by atoms with van der Waals surface area (Å²) in [6, 6.07) is 8.78. The summed E-state index contributed by atoms with van der Waals surface area (Å²) in [7, 11) is 1.96. The van der Waals surface area contributed by atoms with Gasteiger partial charge in [0, 0.05) is 6.61 Å². The molecule has 0 aliphatic heterocycles. The molecule has 0 amide bonds. The zero-order valence-corrected chi connectivity index (χ0v) is 11.9. The summed E-state index contributed by atoms with van der Waals surface area (Å²) in [5, 5.41) is 3.28. The summed E-state index contributed by atoms with van der Waals surface area (Å²) < 4.78 is 11.1. The maximum absolute atomic E-state index is 5.79. The van der Waals surface area contributed by atoms with Gasteiger partial charge in [-0.15, -0.1) is 0 Å². The molecule has 1 rings (SSSR count). The molecule has 3 heteroatoms. The van der Waals surface area contributed by atoms with Gasteiger partial charge < -0.3 is 14.8 Å². The number of hydrogen-bond acceptors (Lipinski definition) is 3. The van der Waals surface area contributed by atoms with Crippen molar-refractivity contribution in [2.45, 2.75) is 32.9 Å². The first-order valence-corrected chi connectivity index (χ1v) is 6.60. The molecule has 1 aromatic carbocycles. The number of likely N-dealkylation sites (N-methyl/N-ethyl adjacent to an activating group) is 1. The monoisotopic (exact) mass is 251 g/mol. The van der Waals surface area contributed by atoms with Crippen molar-refractivity contribution < 1.29 is 9.47 Å². The molecular weight excluding hydrogens is 226 g/mol. The molecule has 1 N–H and O–H groups in total. The van der Waals surface area contributed by atoms with Crippen LogP contribution in [0.4, 0.5) is 0 Å². The van der Waals surface area contributed by atoms with E-state index in [-0.39, 0.29) is 12.1 Å². The second kappa shape index (κ2) is 8.25. The molecule has 102 valence electrons. The minimum absolute atomic E-state index is 0.131. The van der Waals surface area contributed by atoms with Gasteiger partial charge in [0.2, 0.25) is 0 Å². The Kier molecular flexibility index (Phi) is 6.94. The zero-order valence-electron chi connectivity index (χ0n) is 11.9. The van der Waals surface area contributed by atoms with Gasteiger partial charge in [0.05, 0.1) is 25.4 Å². The number of rotatable bonds is 8. The molecule has 0 spiro atoms. The lowest BCUT2D eigenvalue weighted by molar-refractivity contribution is -0.0110. The third kappa shape index (κ3) is 5.17. The molecule has 0 bridgehead atoms. The summed E-state index contributed by atoms with van der Waals surface area (Å²) in [4.78, 5) is 0. The lowest BCUT2D eigenvalue weighted by atomic mass is 10.1. The molecule has 1 aromatic rings. The average molecular weight is 251 g/mol. The molecule has 18 heavy (non-hydrogen) atoms. The van der Waals surface area contributed by atoms with Crippen molar-refractivity contribution in [3.8, 4) is 0 Å². The van der Waals surface area contributed by atoms with Crippen molar-refractivity contribution in [1.82, 2.24) is 5.32 Å². The van der Waals surface area contributed by atoms with E-state index < -0.39 is 0 Å². The first-order chi connectivity index (χ1) is 8.67. The summed E-state index contributed by atoms with van der Waals surface area (Å²) in [6.07, 6.45) is 0.131. The Morgan fingerprint density at radius 2 is 1.83 bits per heavy atom. The van der Waals surface area contributed by atoms with E-state index in [1.54, 1.807) is 0 Å². The highest BCUT2D eigenvalue weighted by molar-refractivity contribution is 5.24. The summed E-state index contributed by atoms with van der Waals surface area (Å²) in [5.41, 5.74) is 2.53. The van der Waals surface area contributed by atoms with E-state index in [1.165, 1.54) is 11.1 Å². The van der Waals surface area contributed by atoms with Gasteiger partial charge >= 0.3 is 0 Å². The highest BCUT2D eigenvalue weighted by Crippen LogP contribution is 2.14. The van der Waals surface area contributed by atoms with E-state index in [0.29, 0.717) is 13.2 Å². The summed E-state index contributed by atoms with van der Waals surface area (Å²) in [6.45, 7) is 8.18. The maximum atomic E-state index is 5.79. The summed E-state index contributed by atoms with van der Waals surface area (Å²) >= 11 is 0. The quantitative estimate of drug-likeness (QED) is 0.770. The Labute approximate surface area is 110 Å². The molecule has 0 radical (unpaired) electrons. The lowest BCUT2D eigenvalue weighted by Crippen LogP contribution is -2.26. The highest BCUT2D eigenvalue weighted by Gasteiger charge is 2.11. The number of hydrogen-bond donors (Lipinski definition) is 1. The molecule has 0 fully saturated rings. The minimum atomic E-state index is 0.131. The standard InChI is InChI=1S/C15H25NO2/c1-5-17-10-13(3)18-11-15(16-4)14-8-6-12(2)7-9-14/h6-9,13,15-16H,5,10-11H2,1-4H3. The van der Waals surface area contributed by atoms with Crippen molar-refractivity contribution in [2.24, 2.45) is 0 Å². The molecule has 0 saturated carbocycles. The highest BCUT2D eigenvalue weighted by atomic mass is 16.5. The number of benzene rings is 1. The van der Waals surface area contributed by atoms with Crippen molar-refractivity contribution in [3.63, 3.8) is 0 Å². The molecule has 2 atom stereocenters. The Morgan fingerprint density at radius 1 is 1.17 bits per heavy atom. The predicted octanol–water partition coefficient (Wildman–Crippen LogP) is 2.70. The smallest absolute Gasteiger partial charge is 0.0781 e. The molecule has 2 unspecified atom stereocenters. The topological polar surface area (TPSA) is 30.5 Å². The van der Waals surface area contributed by atoms with Crippen LogP contribution in [-0.4, -0.2) is 33.0 Å². The van der Waals surface area contributed by atoms with Gasteiger partial charge in [-0.1, -0.05) is 29.8 Å². The average Bonchev–Trinajstić information content (AvgIpc) is 2.39. The fraction of sp³-hybridized carbons (Fsp3) is 0.600. The van der Waals surface area contributed by atoms with Gasteiger partial charge in [0.25, 0.3) is 0 Å². The van der Waals surface area contributed by atoms with Crippen LogP contribution >= 0.6 is 0 Å². The minimum Gasteiger partial charge on any atom is -0.379 e. The number of nitrogens with one attached hydrogen (secondary N) is 1. The molecule has 3 nitrogen and oxygen atoms in total. The van der Waals surface area contributed by atoms with Crippen LogP contribution in [0.15, 0.2) is 24.3 Å². The Balaban J connectivity index is 2.44. The third-order valence-electron chi connectivity index (χ3n) is 2.93. The van der Waals surface area contributed by atoms with Crippen LogP contribution in [0.1, 0.15) is 31.0 Å². The SMILES string of the molecule is CCOCC(C)OCC(NC)c1ccc(C)cc1. The number of ether oxygens (including phenoxy) is 2. The van der Waals surface area contributed by atoms with E-state index in [4.69, 9.17) is 9.47 Å². The van der Waals surface area contributed by atoms with E-state index in [1.807, 2.05) is 20.9 Å². The van der Waals surface area contributed by atoms with Gasteiger partial charge in [-0.3, -0.25) is 0 Å². The molecule has 0 aliphatic carbocycles. The lowest BCUT2D eigenvalue weighted by Gasteiger charge is -2.20. The zero-order chi connectivity index (χ0) is 13.4. The van der Waals surface area contributed by atoms with E-state index in [0.717, 1.165) is 6.61 Å². The Morgan fingerprint density at radius 3 is 2.39 bits per heavy atom. The fourth-order valence-electron chi connectivity index (χ4n) is 1.74. The van der Waals surface area contributed by atoms with E-state index >= 15 is 0 Å². The van der Waals surface area contributed by atoms with E-state index in [9.17, 15) is 0 Å². The van der Waals surface area contributed by atoms with Crippen molar-refractivity contribution in [2.75, 3.05) is 26.9 Å². The first-order valence-electron chi connectivity index (χ1n) is 6.60. The van der Waals surface area contributed by atoms with Crippen LogP contribution in [0.25, 0.3) is 0 Å². The van der Waals surface area contributed by atoms with Crippen molar-refractivity contribution in [3.05, 3.63) is 35.4 Å². The Hall–Kier alpha value is -0.900. The summed E-state index contributed by atoms with van der Waals surface area (Å²) in [5.74, 6) is 0. The van der Waals surface area contributed by atoms with E-state index in [2.05, 4.69) is 36.5 Å². The van der Waals surface area contributed by atoms with Gasteiger partial charge in [-0.05, 0) is 33.4 Å². The maximum Gasteiger partial charge on any atom is 0.0781 e. The molecule has 0 saturated heterocycles. The molecule has 0 aliphatic rings. The molecular formula is C15H25NO2. The van der Waals surface area contributed by atoms with Gasteiger partial charge in [-0.25, -0.2) is 0 Å². The molecule has 0 aromatic heterocycles. The predicted molar refractivity (Wildman–Crippen MR) is 74.9 cm³/mol. The second-order valence-corrected chi connectivity index (χ2v) is 4.56. The van der Waals surface area contributed by atoms with Gasteiger partial charge in [0.15, 0.2) is 0 Å². The largest absolute Gasteiger partial charge is 0.379 e. The van der Waals surface area contributed by atoms with Crippen LogP contribution in [0.2, 0.25) is 0 Å². The van der Waals surface area contributed by atoms with Crippen LogP contribution in [0, 0.1) is 6.92 Å². The van der Waals surface area contributed by atoms with Crippen molar-refractivity contribution >= 4 is 0 Å². The van der Waals surface area contributed by atoms with Crippen LogP contribution in [-0.2, 0) is 9.47 Å². The second-order valence-electron chi connectivity index (χ2n) is 4.56. The van der Waals surface area contributed by atoms with Crippen LogP contribution < -0.4 is 5.32 Å². The Bertz CT molecular complexity index is 324. The van der Waals surface area contributed by atoms with Crippen molar-refractivity contribution in [1.29, 1.82) is 0 Å². The van der Waals surface area contributed by atoms with Gasteiger partial charge in [0.1, 0.15) is 0 Å². The number of aryl methyl sites for hydroxylation is 1. The van der Waals surface area contributed by atoms with Crippen LogP contribution in [0.3, 0.4) is 0 Å². The molecule has 0 heterocycles. The fourth-order valence-corrected chi connectivity index (χ4v) is 1.74. The van der Waals surface area contributed by atoms with Gasteiger partial charge in [-0.2, -0.15) is 0 Å². The van der Waals surface area contributed by atoms with Crippen LogP contribution in [0.5, 0.6) is 0 Å². The normalized spacial score (nSPS) is 14.4. The third-order valence-corrected chi connectivity index (χ3v) is 2.93. The first kappa shape index (κ1) is 15.2.